The van der Waals surface area contributed by atoms with Crippen LogP contribution in [0.3, 0.4) is 0 Å². The van der Waals surface area contributed by atoms with Gasteiger partial charge in [0.25, 0.3) is 0 Å². The van der Waals surface area contributed by atoms with E-state index < -0.39 is 11.7 Å². The molecule has 0 fully saturated rings. The Kier molecular flexibility index (Phi) is 4.41. The summed E-state index contributed by atoms with van der Waals surface area (Å²) in [5.41, 5.74) is 1.06. The molecule has 1 aromatic rings. The monoisotopic (exact) mass is 302 g/mol. The SMILES string of the molecule is COCCc1ccc(C(F)(F)F)c2c1CC=C[N+]2(C)OC. The number of halogens is 3. The minimum atomic E-state index is -4.41. The van der Waals surface area contributed by atoms with Gasteiger partial charge in [0.2, 0.25) is 0 Å². The van der Waals surface area contributed by atoms with E-state index in [0.717, 1.165) is 11.6 Å². The first-order valence-corrected chi connectivity index (χ1v) is 6.64. The molecule has 0 bridgehead atoms. The van der Waals surface area contributed by atoms with Crippen molar-refractivity contribution in [3.05, 3.63) is 41.1 Å². The molecule has 3 nitrogen and oxygen atoms in total. The van der Waals surface area contributed by atoms with E-state index in [-0.39, 0.29) is 10.3 Å². The highest BCUT2D eigenvalue weighted by Crippen LogP contribution is 2.44. The van der Waals surface area contributed by atoms with Crippen molar-refractivity contribution in [3.63, 3.8) is 0 Å². The molecule has 0 radical (unpaired) electrons. The molecule has 0 saturated heterocycles. The third-order valence-corrected chi connectivity index (χ3v) is 3.80. The number of alkyl halides is 3. The Morgan fingerprint density at radius 2 is 1.95 bits per heavy atom. The lowest BCUT2D eigenvalue weighted by molar-refractivity contribution is -0.142. The van der Waals surface area contributed by atoms with Crippen LogP contribution in [0.1, 0.15) is 16.7 Å². The molecule has 1 atom stereocenters. The fraction of sp³-hybridized carbons (Fsp3) is 0.467. The van der Waals surface area contributed by atoms with Gasteiger partial charge < -0.3 is 4.74 Å². The van der Waals surface area contributed by atoms with Crippen LogP contribution in [-0.4, -0.2) is 27.9 Å². The topological polar surface area (TPSA) is 18.5 Å². The minimum Gasteiger partial charge on any atom is -0.384 e. The van der Waals surface area contributed by atoms with Crippen molar-refractivity contribution in [2.45, 2.75) is 19.0 Å². The maximum Gasteiger partial charge on any atom is 0.422 e. The Balaban J connectivity index is 2.64. The number of hydrogen-bond donors (Lipinski definition) is 0. The van der Waals surface area contributed by atoms with Crippen LogP contribution in [0.25, 0.3) is 0 Å². The van der Waals surface area contributed by atoms with Gasteiger partial charge in [0.15, 0.2) is 5.69 Å². The van der Waals surface area contributed by atoms with Crippen molar-refractivity contribution in [1.29, 1.82) is 0 Å². The van der Waals surface area contributed by atoms with Crippen molar-refractivity contribution >= 4 is 5.69 Å². The zero-order valence-electron chi connectivity index (χ0n) is 12.3. The van der Waals surface area contributed by atoms with E-state index in [9.17, 15) is 13.2 Å². The van der Waals surface area contributed by atoms with Crippen molar-refractivity contribution in [2.75, 3.05) is 27.9 Å². The number of fused-ring (bicyclic) bond motifs is 1. The summed E-state index contributed by atoms with van der Waals surface area (Å²) >= 11 is 0. The van der Waals surface area contributed by atoms with E-state index in [1.165, 1.54) is 7.11 Å². The Hall–Kier alpha value is -1.37. The predicted molar refractivity (Wildman–Crippen MR) is 74.6 cm³/mol. The largest absolute Gasteiger partial charge is 0.422 e. The van der Waals surface area contributed by atoms with Crippen LogP contribution < -0.4 is 4.65 Å². The minimum absolute atomic E-state index is 0.168. The van der Waals surface area contributed by atoms with Gasteiger partial charge in [-0.3, -0.25) is 0 Å². The van der Waals surface area contributed by atoms with Gasteiger partial charge in [-0.25, -0.2) is 0 Å². The van der Waals surface area contributed by atoms with Gasteiger partial charge in [0.1, 0.15) is 18.8 Å². The van der Waals surface area contributed by atoms with Gasteiger partial charge in [-0.05, 0) is 24.1 Å². The van der Waals surface area contributed by atoms with Gasteiger partial charge >= 0.3 is 6.18 Å². The smallest absolute Gasteiger partial charge is 0.384 e. The van der Waals surface area contributed by atoms with Crippen molar-refractivity contribution in [3.8, 4) is 0 Å². The van der Waals surface area contributed by atoms with E-state index in [1.54, 1.807) is 26.4 Å². The molecule has 0 saturated carbocycles. The molecule has 1 unspecified atom stereocenters. The quantitative estimate of drug-likeness (QED) is 0.793. The predicted octanol–water partition coefficient (Wildman–Crippen LogP) is 3.46. The molecule has 116 valence electrons. The van der Waals surface area contributed by atoms with Gasteiger partial charge in [0, 0.05) is 19.1 Å². The molecular formula is C15H19F3NO2+. The molecule has 1 heterocycles. The molecule has 1 aromatic carbocycles. The second kappa shape index (κ2) is 5.79. The van der Waals surface area contributed by atoms with E-state index in [4.69, 9.17) is 9.57 Å². The van der Waals surface area contributed by atoms with Crippen LogP contribution in [0.15, 0.2) is 24.4 Å². The highest BCUT2D eigenvalue weighted by Gasteiger charge is 2.44. The lowest BCUT2D eigenvalue weighted by Gasteiger charge is -2.33. The van der Waals surface area contributed by atoms with E-state index >= 15 is 0 Å². The van der Waals surface area contributed by atoms with Crippen molar-refractivity contribution in [2.24, 2.45) is 0 Å². The molecule has 0 spiro atoms. The summed E-state index contributed by atoms with van der Waals surface area (Å²) < 4.78 is 44.7. The third kappa shape index (κ3) is 2.97. The first-order chi connectivity index (χ1) is 9.83. The lowest BCUT2D eigenvalue weighted by Crippen LogP contribution is -2.42. The summed E-state index contributed by atoms with van der Waals surface area (Å²) in [6, 6.07) is 2.68. The van der Waals surface area contributed by atoms with Crippen molar-refractivity contribution in [1.82, 2.24) is 4.65 Å². The molecule has 0 N–H and O–H groups in total. The first kappa shape index (κ1) is 16.0. The number of benzene rings is 1. The summed E-state index contributed by atoms with van der Waals surface area (Å²) in [4.78, 5) is 5.32. The highest BCUT2D eigenvalue weighted by atomic mass is 19.4. The number of hydroxylamine groups is 2. The molecule has 21 heavy (non-hydrogen) atoms. The Labute approximate surface area is 122 Å². The summed E-state index contributed by atoms with van der Waals surface area (Å²) in [7, 11) is 4.58. The number of allylic oxidation sites excluding steroid dienone is 1. The zero-order valence-corrected chi connectivity index (χ0v) is 12.3. The van der Waals surface area contributed by atoms with Crippen LogP contribution in [-0.2, 0) is 28.6 Å². The number of rotatable bonds is 4. The van der Waals surface area contributed by atoms with Gasteiger partial charge in [0.05, 0.1) is 13.7 Å². The molecule has 1 aliphatic rings. The maximum atomic E-state index is 13.3. The lowest BCUT2D eigenvalue weighted by atomic mass is 9.93. The Bertz CT molecular complexity index is 555. The van der Waals surface area contributed by atoms with E-state index in [2.05, 4.69) is 0 Å². The number of nitrogens with zero attached hydrogens (tertiary/aromatic N) is 1. The molecular weight excluding hydrogens is 283 g/mol. The van der Waals surface area contributed by atoms with Crippen molar-refractivity contribution < 1.29 is 22.7 Å². The molecule has 2 rings (SSSR count). The number of hydrogen-bond acceptors (Lipinski definition) is 2. The summed E-state index contributed by atoms with van der Waals surface area (Å²) in [5.74, 6) is 0. The van der Waals surface area contributed by atoms with Crippen LogP contribution in [0.4, 0.5) is 18.9 Å². The maximum absolute atomic E-state index is 13.3. The summed E-state index contributed by atoms with van der Waals surface area (Å²) in [6.45, 7) is 0.470. The molecule has 6 heteroatoms. The molecule has 0 aromatic heterocycles. The standard InChI is InChI=1S/C15H19F3NO2/c1-19(21-3)9-4-5-12-11(8-10-20-2)6-7-13(14(12)19)15(16,17)18/h4,6-7,9H,5,8,10H2,1-3H3/q+1. The van der Waals surface area contributed by atoms with Gasteiger partial charge in [-0.15, -0.1) is 4.65 Å². The molecule has 0 amide bonds. The second-order valence-electron chi connectivity index (χ2n) is 5.10. The fourth-order valence-electron chi connectivity index (χ4n) is 2.69. The summed E-state index contributed by atoms with van der Waals surface area (Å²) in [6.07, 6.45) is 0.108. The Morgan fingerprint density at radius 1 is 1.24 bits per heavy atom. The molecule has 1 aliphatic heterocycles. The third-order valence-electron chi connectivity index (χ3n) is 3.80. The normalized spacial score (nSPS) is 21.4. The Morgan fingerprint density at radius 3 is 2.52 bits per heavy atom. The summed E-state index contributed by atoms with van der Waals surface area (Å²) in [5, 5.41) is 0. The van der Waals surface area contributed by atoms with Crippen LogP contribution in [0.5, 0.6) is 0 Å². The van der Waals surface area contributed by atoms with Crippen LogP contribution in [0.2, 0.25) is 0 Å². The average Bonchev–Trinajstić information content (AvgIpc) is 2.44. The average molecular weight is 302 g/mol. The van der Waals surface area contributed by atoms with Crippen LogP contribution >= 0.6 is 0 Å². The van der Waals surface area contributed by atoms with Gasteiger partial charge in [-0.2, -0.15) is 18.0 Å². The van der Waals surface area contributed by atoms with E-state index in [0.29, 0.717) is 25.0 Å². The fourth-order valence-corrected chi connectivity index (χ4v) is 2.69. The second-order valence-corrected chi connectivity index (χ2v) is 5.10. The molecule has 0 aliphatic carbocycles. The van der Waals surface area contributed by atoms with Crippen LogP contribution in [0, 0.1) is 0 Å². The zero-order chi connectivity index (χ0) is 15.7. The van der Waals surface area contributed by atoms with E-state index in [1.807, 2.05) is 6.08 Å². The number of methoxy groups -OCH3 is 1. The first-order valence-electron chi connectivity index (χ1n) is 6.64. The number of ether oxygens (including phenoxy) is 1. The number of quaternary nitrogens is 1. The highest BCUT2D eigenvalue weighted by molar-refractivity contribution is 5.63. The van der Waals surface area contributed by atoms with Gasteiger partial charge in [-0.1, -0.05) is 6.07 Å².